The van der Waals surface area contributed by atoms with Crippen molar-refractivity contribution >= 4 is 22.0 Å². The minimum atomic E-state index is -0.333. The van der Waals surface area contributed by atoms with Gasteiger partial charge in [0.25, 0.3) is 0 Å². The Labute approximate surface area is 81.3 Å². The van der Waals surface area contributed by atoms with Gasteiger partial charge in [0.05, 0.1) is 6.61 Å². The van der Waals surface area contributed by atoms with Crippen LogP contribution in [0.4, 0.5) is 4.79 Å². The summed E-state index contributed by atoms with van der Waals surface area (Å²) >= 11 is 3.16. The predicted octanol–water partition coefficient (Wildman–Crippen LogP) is 2.42. The summed E-state index contributed by atoms with van der Waals surface area (Å²) in [5.74, 6) is 0. The summed E-state index contributed by atoms with van der Waals surface area (Å²) in [6.45, 7) is 2.87. The van der Waals surface area contributed by atoms with Gasteiger partial charge in [-0.05, 0) is 24.8 Å². The van der Waals surface area contributed by atoms with Crippen molar-refractivity contribution in [2.45, 2.75) is 19.8 Å². The van der Waals surface area contributed by atoms with Gasteiger partial charge in [0.15, 0.2) is 0 Å². The molecule has 0 spiro atoms. The van der Waals surface area contributed by atoms with E-state index in [-0.39, 0.29) is 6.09 Å². The number of ether oxygens (including phenoxy) is 1. The Hall–Kier alpha value is -0.510. The molecule has 0 aliphatic rings. The lowest BCUT2D eigenvalue weighted by atomic mass is 10.3. The molecule has 0 saturated heterocycles. The van der Waals surface area contributed by atoms with Crippen LogP contribution in [-0.2, 0) is 4.74 Å². The highest BCUT2D eigenvalue weighted by Gasteiger charge is 1.96. The number of amides is 1. The molecule has 0 bridgehead atoms. The molecular weight excluding hydrogens is 222 g/mol. The second-order valence-corrected chi connectivity index (χ2v) is 2.68. The van der Waals surface area contributed by atoms with Crippen molar-refractivity contribution < 1.29 is 9.53 Å². The lowest BCUT2D eigenvalue weighted by Crippen LogP contribution is -2.25. The molecule has 4 heteroatoms. The van der Waals surface area contributed by atoms with Crippen LogP contribution in [0.2, 0.25) is 0 Å². The number of carbonyl (C=O) groups is 1. The van der Waals surface area contributed by atoms with Crippen LogP contribution in [0, 0.1) is 0 Å². The molecule has 0 aliphatic heterocycles. The number of nitrogens with one attached hydrogen (secondary N) is 1. The third-order valence-electron chi connectivity index (χ3n) is 1.18. The van der Waals surface area contributed by atoms with Crippen LogP contribution in [0.3, 0.4) is 0 Å². The van der Waals surface area contributed by atoms with E-state index >= 15 is 0 Å². The van der Waals surface area contributed by atoms with E-state index in [0.29, 0.717) is 13.2 Å². The number of hydrogen-bond acceptors (Lipinski definition) is 2. The molecule has 0 saturated carbocycles. The van der Waals surface area contributed by atoms with Crippen molar-refractivity contribution in [3.05, 3.63) is 11.1 Å². The summed E-state index contributed by atoms with van der Waals surface area (Å²) in [5, 5.41) is 2.63. The van der Waals surface area contributed by atoms with Gasteiger partial charge in [-0.2, -0.15) is 0 Å². The molecule has 0 atom stereocenters. The second kappa shape index (κ2) is 8.59. The van der Waals surface area contributed by atoms with Crippen LogP contribution < -0.4 is 5.32 Å². The summed E-state index contributed by atoms with van der Waals surface area (Å²) in [5.41, 5.74) is 0. The first-order chi connectivity index (χ1) is 5.81. The average molecular weight is 236 g/mol. The van der Waals surface area contributed by atoms with Gasteiger partial charge in [-0.3, -0.25) is 0 Å². The maximum atomic E-state index is 10.7. The Balaban J connectivity index is 3.13. The standard InChI is InChI=1S/C8H14BrNO2/c1-2-12-8(11)10-7-5-3-4-6-9/h4,6H,2-3,5,7H2,1H3,(H,10,11)/b6-4+. The summed E-state index contributed by atoms with van der Waals surface area (Å²) in [4.78, 5) is 12.5. The molecule has 0 aliphatic carbocycles. The predicted molar refractivity (Wildman–Crippen MR) is 52.3 cm³/mol. The topological polar surface area (TPSA) is 38.3 Å². The lowest BCUT2D eigenvalue weighted by Gasteiger charge is -2.02. The van der Waals surface area contributed by atoms with Gasteiger partial charge in [-0.15, -0.1) is 0 Å². The van der Waals surface area contributed by atoms with Gasteiger partial charge in [0, 0.05) is 6.54 Å². The van der Waals surface area contributed by atoms with Crippen LogP contribution in [0.25, 0.3) is 0 Å². The summed E-state index contributed by atoms with van der Waals surface area (Å²) < 4.78 is 4.67. The van der Waals surface area contributed by atoms with Crippen LogP contribution in [-0.4, -0.2) is 19.2 Å². The number of alkyl carbamates (subject to hydrolysis) is 1. The zero-order valence-corrected chi connectivity index (χ0v) is 8.76. The zero-order valence-electron chi connectivity index (χ0n) is 7.18. The first-order valence-electron chi connectivity index (χ1n) is 3.97. The monoisotopic (exact) mass is 235 g/mol. The van der Waals surface area contributed by atoms with Gasteiger partial charge in [0.2, 0.25) is 0 Å². The van der Waals surface area contributed by atoms with Crippen LogP contribution in [0.5, 0.6) is 0 Å². The molecule has 70 valence electrons. The maximum Gasteiger partial charge on any atom is 0.407 e. The summed E-state index contributed by atoms with van der Waals surface area (Å²) in [6, 6.07) is 0. The third kappa shape index (κ3) is 7.60. The fourth-order valence-electron chi connectivity index (χ4n) is 0.655. The lowest BCUT2D eigenvalue weighted by molar-refractivity contribution is 0.152. The molecule has 0 aromatic carbocycles. The number of carbonyl (C=O) groups excluding carboxylic acids is 1. The highest BCUT2D eigenvalue weighted by molar-refractivity contribution is 9.11. The van der Waals surface area contributed by atoms with Gasteiger partial charge < -0.3 is 10.1 Å². The van der Waals surface area contributed by atoms with E-state index in [1.54, 1.807) is 6.92 Å². The molecule has 3 nitrogen and oxygen atoms in total. The molecule has 0 fully saturated rings. The Bertz CT molecular complexity index is 148. The largest absolute Gasteiger partial charge is 0.450 e. The molecule has 1 N–H and O–H groups in total. The second-order valence-electron chi connectivity index (χ2n) is 2.15. The molecule has 0 unspecified atom stereocenters. The molecule has 0 heterocycles. The molecule has 0 radical (unpaired) electrons. The Morgan fingerprint density at radius 2 is 2.42 bits per heavy atom. The summed E-state index contributed by atoms with van der Waals surface area (Å²) in [6.07, 6.45) is 3.55. The van der Waals surface area contributed by atoms with Crippen LogP contribution in [0.1, 0.15) is 19.8 Å². The quantitative estimate of drug-likeness (QED) is 0.744. The highest BCUT2D eigenvalue weighted by Crippen LogP contribution is 1.92. The van der Waals surface area contributed by atoms with Gasteiger partial charge in [-0.25, -0.2) is 4.79 Å². The smallest absolute Gasteiger partial charge is 0.407 e. The van der Waals surface area contributed by atoms with Crippen LogP contribution >= 0.6 is 15.9 Å². The third-order valence-corrected chi connectivity index (χ3v) is 1.56. The molecule has 1 amide bonds. The van der Waals surface area contributed by atoms with Crippen molar-refractivity contribution in [3.63, 3.8) is 0 Å². The number of unbranched alkanes of at least 4 members (excludes halogenated alkanes) is 1. The first-order valence-corrected chi connectivity index (χ1v) is 4.88. The van der Waals surface area contributed by atoms with Gasteiger partial charge in [0.1, 0.15) is 0 Å². The fraction of sp³-hybridized carbons (Fsp3) is 0.625. The Kier molecular flexibility index (Phi) is 8.22. The number of rotatable bonds is 5. The molecule has 0 aromatic rings. The number of allylic oxidation sites excluding steroid dienone is 1. The van der Waals surface area contributed by atoms with Gasteiger partial charge >= 0.3 is 6.09 Å². The molecular formula is C8H14BrNO2. The number of halogens is 1. The van der Waals surface area contributed by atoms with Crippen molar-refractivity contribution in [1.82, 2.24) is 5.32 Å². The van der Waals surface area contributed by atoms with Crippen LogP contribution in [0.15, 0.2) is 11.1 Å². The van der Waals surface area contributed by atoms with Crippen molar-refractivity contribution in [2.75, 3.05) is 13.2 Å². The van der Waals surface area contributed by atoms with Crippen molar-refractivity contribution in [2.24, 2.45) is 0 Å². The fourth-order valence-corrected chi connectivity index (χ4v) is 0.920. The first kappa shape index (κ1) is 11.5. The van der Waals surface area contributed by atoms with E-state index < -0.39 is 0 Å². The van der Waals surface area contributed by atoms with Crippen molar-refractivity contribution in [1.29, 1.82) is 0 Å². The summed E-state index contributed by atoms with van der Waals surface area (Å²) in [7, 11) is 0. The van der Waals surface area contributed by atoms with E-state index in [4.69, 9.17) is 0 Å². The van der Waals surface area contributed by atoms with E-state index in [9.17, 15) is 4.79 Å². The van der Waals surface area contributed by atoms with E-state index in [2.05, 4.69) is 26.0 Å². The van der Waals surface area contributed by atoms with E-state index in [0.717, 1.165) is 12.8 Å². The molecule has 0 rings (SSSR count). The molecule has 12 heavy (non-hydrogen) atoms. The zero-order chi connectivity index (χ0) is 9.23. The molecule has 0 aromatic heterocycles. The normalized spacial score (nSPS) is 10.2. The minimum absolute atomic E-state index is 0.333. The SMILES string of the molecule is CCOC(=O)NCCC/C=C/Br. The van der Waals surface area contributed by atoms with Gasteiger partial charge in [-0.1, -0.05) is 22.0 Å². The maximum absolute atomic E-state index is 10.7. The Morgan fingerprint density at radius 3 is 3.00 bits per heavy atom. The van der Waals surface area contributed by atoms with E-state index in [1.807, 2.05) is 11.1 Å². The van der Waals surface area contributed by atoms with Crippen molar-refractivity contribution in [3.8, 4) is 0 Å². The average Bonchev–Trinajstić information content (AvgIpc) is 2.05. The highest BCUT2D eigenvalue weighted by atomic mass is 79.9. The minimum Gasteiger partial charge on any atom is -0.450 e. The Morgan fingerprint density at radius 1 is 1.67 bits per heavy atom. The van der Waals surface area contributed by atoms with E-state index in [1.165, 1.54) is 0 Å². The number of hydrogen-bond donors (Lipinski definition) is 1.